The van der Waals surface area contributed by atoms with Gasteiger partial charge in [-0.3, -0.25) is 4.79 Å². The third-order valence-corrected chi connectivity index (χ3v) is 4.02. The maximum atomic E-state index is 13.1. The maximum Gasteiger partial charge on any atom is 0.195 e. The van der Waals surface area contributed by atoms with Gasteiger partial charge in [0.25, 0.3) is 0 Å². The molecular weight excluding hydrogens is 296 g/mol. The van der Waals surface area contributed by atoms with E-state index in [0.29, 0.717) is 16.7 Å². The van der Waals surface area contributed by atoms with Crippen LogP contribution in [-0.2, 0) is 0 Å². The van der Waals surface area contributed by atoms with Crippen molar-refractivity contribution in [3.8, 4) is 17.2 Å². The van der Waals surface area contributed by atoms with E-state index in [0.717, 1.165) is 16.7 Å². The number of nitrogens with two attached hydrogens (primary N) is 1. The zero-order valence-corrected chi connectivity index (χ0v) is 13.3. The molecule has 0 aliphatic heterocycles. The average Bonchev–Trinajstić information content (AvgIpc) is 2.62. The third-order valence-electron chi connectivity index (χ3n) is 4.02. The molecule has 116 valence electrons. The Balaban J connectivity index is 2.31. The lowest BCUT2D eigenvalue weighted by molar-refractivity contribution is 0.104. The van der Waals surface area contributed by atoms with E-state index in [-0.39, 0.29) is 11.5 Å². The maximum absolute atomic E-state index is 13.1. The number of anilines is 1. The third kappa shape index (κ3) is 2.66. The van der Waals surface area contributed by atoms with Crippen molar-refractivity contribution < 1.29 is 4.79 Å². The Kier molecular flexibility index (Phi) is 4.13. The highest BCUT2D eigenvalue weighted by Gasteiger charge is 2.21. The Morgan fingerprint density at radius 2 is 1.58 bits per heavy atom. The fourth-order valence-electron chi connectivity index (χ4n) is 2.82. The van der Waals surface area contributed by atoms with Gasteiger partial charge >= 0.3 is 0 Å². The number of carbonyl (C=O) groups is 1. The van der Waals surface area contributed by atoms with Gasteiger partial charge in [0, 0.05) is 5.56 Å². The lowest BCUT2D eigenvalue weighted by Gasteiger charge is -2.15. The minimum atomic E-state index is -0.177. The van der Waals surface area contributed by atoms with E-state index in [9.17, 15) is 10.1 Å². The summed E-state index contributed by atoms with van der Waals surface area (Å²) in [5.41, 5.74) is 10.2. The SMILES string of the molecule is Cc1cc(-c2ccccc2)c(C(=O)c2ccccc2)c(N)c1C#N. The summed E-state index contributed by atoms with van der Waals surface area (Å²) in [6.07, 6.45) is 0. The number of carbonyl (C=O) groups excluding carboxylic acids is 1. The highest BCUT2D eigenvalue weighted by Crippen LogP contribution is 2.34. The highest BCUT2D eigenvalue weighted by atomic mass is 16.1. The molecule has 0 bridgehead atoms. The predicted molar refractivity (Wildman–Crippen MR) is 95.6 cm³/mol. The van der Waals surface area contributed by atoms with Crippen molar-refractivity contribution >= 4 is 11.5 Å². The molecular formula is C21H16N2O. The molecule has 3 aromatic rings. The second-order valence-electron chi connectivity index (χ2n) is 5.58. The van der Waals surface area contributed by atoms with E-state index in [4.69, 9.17) is 5.73 Å². The van der Waals surface area contributed by atoms with Crippen LogP contribution in [0.1, 0.15) is 27.0 Å². The van der Waals surface area contributed by atoms with E-state index in [1.165, 1.54) is 0 Å². The summed E-state index contributed by atoms with van der Waals surface area (Å²) in [6.45, 7) is 1.83. The second kappa shape index (κ2) is 6.39. The minimum Gasteiger partial charge on any atom is -0.397 e. The van der Waals surface area contributed by atoms with Crippen LogP contribution < -0.4 is 5.73 Å². The number of benzene rings is 3. The van der Waals surface area contributed by atoms with Crippen molar-refractivity contribution in [3.63, 3.8) is 0 Å². The van der Waals surface area contributed by atoms with Gasteiger partial charge in [0.15, 0.2) is 5.78 Å². The number of hydrogen-bond donors (Lipinski definition) is 1. The van der Waals surface area contributed by atoms with Crippen molar-refractivity contribution in [2.75, 3.05) is 5.73 Å². The summed E-state index contributed by atoms with van der Waals surface area (Å²) in [6, 6.07) is 22.6. The van der Waals surface area contributed by atoms with Crippen molar-refractivity contribution in [2.24, 2.45) is 0 Å². The van der Waals surface area contributed by atoms with Crippen molar-refractivity contribution in [3.05, 3.63) is 89.0 Å². The standard InChI is InChI=1S/C21H16N2O/c1-14-12-17(15-8-4-2-5-9-15)19(20(23)18(14)13-22)21(24)16-10-6-3-7-11-16/h2-12H,23H2,1H3. The summed E-state index contributed by atoms with van der Waals surface area (Å²) < 4.78 is 0. The van der Waals surface area contributed by atoms with Gasteiger partial charge in [0.05, 0.1) is 16.8 Å². The first-order valence-corrected chi connectivity index (χ1v) is 7.62. The molecule has 0 radical (unpaired) electrons. The first-order valence-electron chi connectivity index (χ1n) is 7.62. The lowest BCUT2D eigenvalue weighted by Crippen LogP contribution is -2.10. The molecule has 0 heterocycles. The van der Waals surface area contributed by atoms with Crippen LogP contribution in [0.15, 0.2) is 66.7 Å². The summed E-state index contributed by atoms with van der Waals surface area (Å²) in [5, 5.41) is 9.40. The number of aryl methyl sites for hydroxylation is 1. The van der Waals surface area contributed by atoms with Gasteiger partial charge in [-0.1, -0.05) is 60.7 Å². The molecule has 0 amide bonds. The summed E-state index contributed by atoms with van der Waals surface area (Å²) in [7, 11) is 0. The molecule has 0 aliphatic carbocycles. The van der Waals surface area contributed by atoms with E-state index in [1.807, 2.05) is 61.5 Å². The summed E-state index contributed by atoms with van der Waals surface area (Å²) in [5.74, 6) is -0.177. The second-order valence-corrected chi connectivity index (χ2v) is 5.58. The molecule has 0 unspecified atom stereocenters. The Morgan fingerprint density at radius 1 is 1.00 bits per heavy atom. The van der Waals surface area contributed by atoms with Crippen LogP contribution >= 0.6 is 0 Å². The van der Waals surface area contributed by atoms with E-state index in [1.54, 1.807) is 12.1 Å². The monoisotopic (exact) mass is 312 g/mol. The summed E-state index contributed by atoms with van der Waals surface area (Å²) in [4.78, 5) is 13.1. The molecule has 3 rings (SSSR count). The molecule has 0 aromatic heterocycles. The number of nitrogen functional groups attached to an aromatic ring is 1. The molecule has 3 aromatic carbocycles. The van der Waals surface area contributed by atoms with Crippen LogP contribution in [0.25, 0.3) is 11.1 Å². The molecule has 0 saturated carbocycles. The van der Waals surface area contributed by atoms with Gasteiger partial charge in [0.1, 0.15) is 6.07 Å². The quantitative estimate of drug-likeness (QED) is 0.577. The van der Waals surface area contributed by atoms with Crippen molar-refractivity contribution in [1.82, 2.24) is 0 Å². The number of nitrogens with zero attached hydrogens (tertiary/aromatic N) is 1. The topological polar surface area (TPSA) is 66.9 Å². The lowest BCUT2D eigenvalue weighted by atomic mass is 9.88. The zero-order chi connectivity index (χ0) is 17.1. The van der Waals surface area contributed by atoms with Crippen molar-refractivity contribution in [1.29, 1.82) is 5.26 Å². The van der Waals surface area contributed by atoms with Crippen LogP contribution in [0.5, 0.6) is 0 Å². The van der Waals surface area contributed by atoms with Gasteiger partial charge in [-0.05, 0) is 29.7 Å². The van der Waals surface area contributed by atoms with Gasteiger partial charge in [-0.15, -0.1) is 0 Å². The number of hydrogen-bond acceptors (Lipinski definition) is 3. The smallest absolute Gasteiger partial charge is 0.195 e. The first-order chi connectivity index (χ1) is 11.6. The molecule has 3 nitrogen and oxygen atoms in total. The molecule has 3 heteroatoms. The Morgan fingerprint density at radius 3 is 2.17 bits per heavy atom. The molecule has 0 fully saturated rings. The van der Waals surface area contributed by atoms with Crippen LogP contribution in [0, 0.1) is 18.3 Å². The molecule has 0 spiro atoms. The van der Waals surface area contributed by atoms with Gasteiger partial charge in [-0.25, -0.2) is 0 Å². The van der Waals surface area contributed by atoms with Crippen LogP contribution in [0.2, 0.25) is 0 Å². The normalized spacial score (nSPS) is 10.2. The van der Waals surface area contributed by atoms with Crippen LogP contribution in [-0.4, -0.2) is 5.78 Å². The zero-order valence-electron chi connectivity index (χ0n) is 13.3. The van der Waals surface area contributed by atoms with Crippen LogP contribution in [0.3, 0.4) is 0 Å². The Bertz CT molecular complexity index is 939. The number of nitriles is 1. The van der Waals surface area contributed by atoms with Crippen molar-refractivity contribution in [2.45, 2.75) is 6.92 Å². The van der Waals surface area contributed by atoms with E-state index >= 15 is 0 Å². The molecule has 0 aliphatic rings. The molecule has 0 saturated heterocycles. The van der Waals surface area contributed by atoms with E-state index < -0.39 is 0 Å². The summed E-state index contributed by atoms with van der Waals surface area (Å²) >= 11 is 0. The van der Waals surface area contributed by atoms with Gasteiger partial charge < -0.3 is 5.73 Å². The average molecular weight is 312 g/mol. The largest absolute Gasteiger partial charge is 0.397 e. The fourth-order valence-corrected chi connectivity index (χ4v) is 2.82. The van der Waals surface area contributed by atoms with Gasteiger partial charge in [-0.2, -0.15) is 5.26 Å². The minimum absolute atomic E-state index is 0.177. The highest BCUT2D eigenvalue weighted by molar-refractivity contribution is 6.16. The molecule has 2 N–H and O–H groups in total. The van der Waals surface area contributed by atoms with Gasteiger partial charge in [0.2, 0.25) is 0 Å². The molecule has 0 atom stereocenters. The fraction of sp³-hybridized carbons (Fsp3) is 0.0476. The Hall–Kier alpha value is -3.38. The first kappa shape index (κ1) is 15.5. The van der Waals surface area contributed by atoms with Crippen LogP contribution in [0.4, 0.5) is 5.69 Å². The van der Waals surface area contributed by atoms with E-state index in [2.05, 4.69) is 6.07 Å². The number of ketones is 1. The number of rotatable bonds is 3. The molecule has 24 heavy (non-hydrogen) atoms. The predicted octanol–water partition coefficient (Wildman–Crippen LogP) is 4.35. The Labute approximate surface area is 141 Å².